The first kappa shape index (κ1) is 30.1. The summed E-state index contributed by atoms with van der Waals surface area (Å²) in [7, 11) is 0. The maximum absolute atomic E-state index is 15.1. The quantitative estimate of drug-likeness (QED) is 0.415. The number of rotatable bonds is 6. The highest BCUT2D eigenvalue weighted by atomic mass is 16.5. The van der Waals surface area contributed by atoms with Crippen molar-refractivity contribution >= 4 is 29.1 Å². The molecule has 0 saturated carbocycles. The number of hydrogen-bond donors (Lipinski definition) is 1. The van der Waals surface area contributed by atoms with Crippen LogP contribution in [0.25, 0.3) is 0 Å². The van der Waals surface area contributed by atoms with E-state index in [1.165, 1.54) is 0 Å². The number of aliphatic hydroxyl groups excluding tert-OH is 1. The van der Waals surface area contributed by atoms with E-state index in [0.717, 1.165) is 28.1 Å². The molecule has 0 aliphatic carbocycles. The Hall–Kier alpha value is -4.53. The van der Waals surface area contributed by atoms with Crippen molar-refractivity contribution in [2.75, 3.05) is 29.5 Å². The summed E-state index contributed by atoms with van der Waals surface area (Å²) in [5.41, 5.74) is 1.76. The second-order valence-electron chi connectivity index (χ2n) is 13.0. The standard InChI is InChI=1S/C38H39N3O5/c1-25-13-10-14-26(2)32(25)40-22-12-20-38-31(30-34(43)39(28-17-8-5-9-18-28)21-11-19-37(30,3)46-38)35(44)41(33(38)36(40)45)29(24-42)23-27-15-6-4-7-16-27/h4-20,29-31,33,42H,21-24H2,1-3H3/t29-,30+,31+,33?,37-,38+/m1/s1. The van der Waals surface area contributed by atoms with Gasteiger partial charge in [0.15, 0.2) is 0 Å². The average Bonchev–Trinajstić information content (AvgIpc) is 3.33. The molecule has 8 nitrogen and oxygen atoms in total. The van der Waals surface area contributed by atoms with Crippen LogP contribution in [0.2, 0.25) is 0 Å². The van der Waals surface area contributed by atoms with Crippen LogP contribution in [0, 0.1) is 25.7 Å². The Morgan fingerprint density at radius 2 is 1.41 bits per heavy atom. The van der Waals surface area contributed by atoms with E-state index in [4.69, 9.17) is 4.74 Å². The fraction of sp³-hybridized carbons (Fsp3) is 0.342. The van der Waals surface area contributed by atoms with Gasteiger partial charge in [-0.05, 0) is 56.0 Å². The molecule has 0 aromatic heterocycles. The van der Waals surface area contributed by atoms with Crippen LogP contribution < -0.4 is 9.80 Å². The minimum Gasteiger partial charge on any atom is -0.394 e. The summed E-state index contributed by atoms with van der Waals surface area (Å²) in [4.78, 5) is 49.7. The number of fused-ring (bicyclic) bond motifs is 2. The molecule has 1 spiro atoms. The van der Waals surface area contributed by atoms with Crippen molar-refractivity contribution < 1.29 is 24.2 Å². The van der Waals surface area contributed by atoms with Crippen molar-refractivity contribution in [3.63, 3.8) is 0 Å². The fourth-order valence-corrected chi connectivity index (χ4v) is 8.26. The number of hydrogen-bond acceptors (Lipinski definition) is 5. The van der Waals surface area contributed by atoms with Crippen LogP contribution in [0.1, 0.15) is 23.6 Å². The second-order valence-corrected chi connectivity index (χ2v) is 13.0. The summed E-state index contributed by atoms with van der Waals surface area (Å²) >= 11 is 0. The van der Waals surface area contributed by atoms with Crippen molar-refractivity contribution in [2.24, 2.45) is 11.8 Å². The summed E-state index contributed by atoms with van der Waals surface area (Å²) in [5.74, 6) is -2.75. The third kappa shape index (κ3) is 4.54. The second kappa shape index (κ2) is 11.4. The van der Waals surface area contributed by atoms with Crippen LogP contribution in [-0.2, 0) is 25.5 Å². The topological polar surface area (TPSA) is 90.4 Å². The first-order chi connectivity index (χ1) is 22.2. The van der Waals surface area contributed by atoms with E-state index in [-0.39, 0.29) is 30.9 Å². The highest BCUT2D eigenvalue weighted by Crippen LogP contribution is 2.58. The van der Waals surface area contributed by atoms with Gasteiger partial charge >= 0.3 is 0 Å². The van der Waals surface area contributed by atoms with Crippen LogP contribution in [0.3, 0.4) is 0 Å². The molecule has 1 unspecified atom stereocenters. The highest BCUT2D eigenvalue weighted by molar-refractivity contribution is 6.08. The van der Waals surface area contributed by atoms with Crippen LogP contribution in [-0.4, -0.2) is 70.7 Å². The number of likely N-dealkylation sites (tertiary alicyclic amines) is 1. The minimum atomic E-state index is -1.43. The molecule has 3 aromatic rings. The van der Waals surface area contributed by atoms with Crippen molar-refractivity contribution in [3.8, 4) is 0 Å². The third-order valence-electron chi connectivity index (χ3n) is 10.2. The molecule has 8 heteroatoms. The minimum absolute atomic E-state index is 0.227. The summed E-state index contributed by atoms with van der Waals surface area (Å²) in [5, 5.41) is 10.9. The zero-order valence-electron chi connectivity index (χ0n) is 26.4. The largest absolute Gasteiger partial charge is 0.394 e. The Morgan fingerprint density at radius 1 is 0.783 bits per heavy atom. The summed E-state index contributed by atoms with van der Waals surface area (Å²) in [6, 6.07) is 23.1. The van der Waals surface area contributed by atoms with Crippen LogP contribution in [0.15, 0.2) is 103 Å². The van der Waals surface area contributed by atoms with E-state index < -0.39 is 35.1 Å². The molecule has 2 fully saturated rings. The van der Waals surface area contributed by atoms with E-state index in [1.54, 1.807) is 14.7 Å². The fourth-order valence-electron chi connectivity index (χ4n) is 8.26. The number of para-hydroxylation sites is 2. The molecule has 0 radical (unpaired) electrons. The molecule has 46 heavy (non-hydrogen) atoms. The van der Waals surface area contributed by atoms with E-state index in [2.05, 4.69) is 0 Å². The lowest BCUT2D eigenvalue weighted by molar-refractivity contribution is -0.148. The molecule has 3 aromatic carbocycles. The Bertz CT molecular complexity index is 1720. The molecule has 0 bridgehead atoms. The molecular weight excluding hydrogens is 578 g/mol. The van der Waals surface area contributed by atoms with Gasteiger partial charge in [0.1, 0.15) is 11.6 Å². The Kier molecular flexibility index (Phi) is 7.45. The molecule has 3 amide bonds. The van der Waals surface area contributed by atoms with Crippen molar-refractivity contribution in [3.05, 3.63) is 120 Å². The molecule has 236 valence electrons. The summed E-state index contributed by atoms with van der Waals surface area (Å²) in [6.45, 7) is 6.05. The third-order valence-corrected chi connectivity index (χ3v) is 10.2. The number of ether oxygens (including phenoxy) is 1. The Morgan fingerprint density at radius 3 is 2.09 bits per heavy atom. The first-order valence-corrected chi connectivity index (χ1v) is 16.0. The van der Waals surface area contributed by atoms with Gasteiger partial charge in [-0.3, -0.25) is 14.4 Å². The van der Waals surface area contributed by atoms with E-state index in [9.17, 15) is 9.90 Å². The summed E-state index contributed by atoms with van der Waals surface area (Å²) in [6.07, 6.45) is 7.90. The number of anilines is 2. The van der Waals surface area contributed by atoms with E-state index in [1.807, 2.05) is 124 Å². The van der Waals surface area contributed by atoms with Crippen molar-refractivity contribution in [1.29, 1.82) is 0 Å². The molecule has 4 aliphatic heterocycles. The predicted octanol–water partition coefficient (Wildman–Crippen LogP) is 4.38. The lowest BCUT2D eigenvalue weighted by atomic mass is 9.74. The number of carbonyl (C=O) groups excluding carboxylic acids is 3. The van der Waals surface area contributed by atoms with Gasteiger partial charge < -0.3 is 24.5 Å². The monoisotopic (exact) mass is 617 g/mol. The number of aliphatic hydroxyl groups is 1. The maximum Gasteiger partial charge on any atom is 0.253 e. The molecule has 1 N–H and O–H groups in total. The SMILES string of the molecule is Cc1cccc(C)c1N1CC=C[C@]23O[C@]4(C)C=CCN(c5ccccc5)C(=O)[C@@H]4[C@H]2C(=O)N([C@@H](CO)Cc2ccccc2)C3C1=O. The van der Waals surface area contributed by atoms with E-state index in [0.29, 0.717) is 13.0 Å². The van der Waals surface area contributed by atoms with Crippen molar-refractivity contribution in [2.45, 2.75) is 50.5 Å². The first-order valence-electron chi connectivity index (χ1n) is 16.0. The zero-order chi connectivity index (χ0) is 32.2. The molecular formula is C38H39N3O5. The predicted molar refractivity (Wildman–Crippen MR) is 176 cm³/mol. The number of nitrogens with zero attached hydrogens (tertiary/aromatic N) is 3. The maximum atomic E-state index is 15.1. The number of benzene rings is 3. The summed E-state index contributed by atoms with van der Waals surface area (Å²) < 4.78 is 7.03. The normalized spacial score (nSPS) is 29.3. The zero-order valence-corrected chi connectivity index (χ0v) is 26.4. The van der Waals surface area contributed by atoms with E-state index >= 15 is 9.59 Å². The Balaban J connectivity index is 1.39. The van der Waals surface area contributed by atoms with Gasteiger partial charge in [0.25, 0.3) is 5.91 Å². The van der Waals surface area contributed by atoms with Gasteiger partial charge in [-0.15, -0.1) is 0 Å². The Labute approximate surface area is 269 Å². The number of amides is 3. The molecule has 6 atom stereocenters. The number of aryl methyl sites for hydroxylation is 2. The van der Waals surface area contributed by atoms with Gasteiger partial charge in [-0.25, -0.2) is 0 Å². The van der Waals surface area contributed by atoms with Gasteiger partial charge in [0.2, 0.25) is 11.8 Å². The lowest BCUT2D eigenvalue weighted by Crippen LogP contribution is -2.59. The highest BCUT2D eigenvalue weighted by Gasteiger charge is 2.75. The van der Waals surface area contributed by atoms with Gasteiger partial charge in [-0.2, -0.15) is 0 Å². The van der Waals surface area contributed by atoms with Gasteiger partial charge in [-0.1, -0.05) is 91.0 Å². The van der Waals surface area contributed by atoms with Crippen LogP contribution in [0.5, 0.6) is 0 Å². The van der Waals surface area contributed by atoms with Crippen molar-refractivity contribution in [1.82, 2.24) is 4.90 Å². The van der Waals surface area contributed by atoms with Gasteiger partial charge in [0.05, 0.1) is 30.1 Å². The lowest BCUT2D eigenvalue weighted by Gasteiger charge is -2.40. The smallest absolute Gasteiger partial charge is 0.253 e. The van der Waals surface area contributed by atoms with Crippen LogP contribution in [0.4, 0.5) is 11.4 Å². The average molecular weight is 618 g/mol. The molecule has 7 rings (SSSR count). The molecule has 4 aliphatic rings. The number of carbonyl (C=O) groups is 3. The van der Waals surface area contributed by atoms with Gasteiger partial charge in [0, 0.05) is 24.5 Å². The molecule has 2 saturated heterocycles. The molecule has 4 heterocycles. The van der Waals surface area contributed by atoms with Crippen LogP contribution >= 0.6 is 0 Å².